The van der Waals surface area contributed by atoms with Crippen LogP contribution in [0.3, 0.4) is 0 Å². The summed E-state index contributed by atoms with van der Waals surface area (Å²) in [6.45, 7) is 2.03. The van der Waals surface area contributed by atoms with Crippen LogP contribution in [0, 0.1) is 5.82 Å². The van der Waals surface area contributed by atoms with Gasteiger partial charge >= 0.3 is 0 Å². The molecule has 1 amide bonds. The number of amides is 1. The summed E-state index contributed by atoms with van der Waals surface area (Å²) in [6.07, 6.45) is 0.840. The van der Waals surface area contributed by atoms with Crippen molar-refractivity contribution in [2.45, 2.75) is 25.0 Å². The Balaban J connectivity index is 1.82. The van der Waals surface area contributed by atoms with Crippen molar-refractivity contribution in [3.05, 3.63) is 70.5 Å². The lowest BCUT2D eigenvalue weighted by Gasteiger charge is -2.44. The topological polar surface area (TPSA) is 40.5 Å². The molecule has 2 atom stereocenters. The summed E-state index contributed by atoms with van der Waals surface area (Å²) in [7, 11) is 0. The fraction of sp³-hybridized carbons (Fsp3) is 0.278. The SMILES string of the molecule is CC(O)(C(=O)N1CCC1c1ccc(Cl)cc1)c1ccc(F)cc1. The summed E-state index contributed by atoms with van der Waals surface area (Å²) >= 11 is 5.89. The molecule has 2 unspecified atom stereocenters. The van der Waals surface area contributed by atoms with Gasteiger partial charge in [-0.1, -0.05) is 35.9 Å². The molecule has 0 saturated carbocycles. The highest BCUT2D eigenvalue weighted by Gasteiger charge is 2.43. The minimum absolute atomic E-state index is 0.0632. The second-order valence-electron chi connectivity index (χ2n) is 5.93. The van der Waals surface area contributed by atoms with Crippen LogP contribution in [0.1, 0.15) is 30.5 Å². The van der Waals surface area contributed by atoms with Crippen molar-refractivity contribution in [2.75, 3.05) is 6.54 Å². The van der Waals surface area contributed by atoms with Gasteiger partial charge in [-0.2, -0.15) is 0 Å². The summed E-state index contributed by atoms with van der Waals surface area (Å²) in [5.74, 6) is -0.782. The molecule has 0 aliphatic carbocycles. The van der Waals surface area contributed by atoms with Gasteiger partial charge in [0, 0.05) is 11.6 Å². The van der Waals surface area contributed by atoms with Gasteiger partial charge in [-0.3, -0.25) is 4.79 Å². The Bertz CT molecular complexity index is 713. The standard InChI is InChI=1S/C18H17ClFNO2/c1-18(23,13-4-8-15(20)9-5-13)17(22)21-11-10-16(21)12-2-6-14(19)7-3-12/h2-9,16,23H,10-11H2,1H3. The number of carbonyl (C=O) groups is 1. The molecule has 120 valence electrons. The zero-order valence-electron chi connectivity index (χ0n) is 12.7. The number of rotatable bonds is 3. The van der Waals surface area contributed by atoms with Crippen LogP contribution in [-0.4, -0.2) is 22.5 Å². The number of aliphatic hydroxyl groups is 1. The Morgan fingerprint density at radius 2 is 1.83 bits per heavy atom. The van der Waals surface area contributed by atoms with Crippen LogP contribution in [0.5, 0.6) is 0 Å². The van der Waals surface area contributed by atoms with Crippen molar-refractivity contribution in [3.63, 3.8) is 0 Å². The Morgan fingerprint density at radius 3 is 2.35 bits per heavy atom. The predicted octanol–water partition coefficient (Wildman–Crippen LogP) is 3.66. The minimum atomic E-state index is -1.68. The van der Waals surface area contributed by atoms with Crippen molar-refractivity contribution in [1.82, 2.24) is 4.90 Å². The molecule has 23 heavy (non-hydrogen) atoms. The average Bonchev–Trinajstić information content (AvgIpc) is 2.49. The van der Waals surface area contributed by atoms with Gasteiger partial charge in [0.2, 0.25) is 0 Å². The predicted molar refractivity (Wildman–Crippen MR) is 86.5 cm³/mol. The molecule has 0 bridgehead atoms. The number of hydrogen-bond donors (Lipinski definition) is 1. The number of halogens is 2. The molecule has 1 aliphatic rings. The largest absolute Gasteiger partial charge is 0.376 e. The first-order valence-electron chi connectivity index (χ1n) is 7.44. The van der Waals surface area contributed by atoms with Crippen LogP contribution in [0.4, 0.5) is 4.39 Å². The number of nitrogens with zero attached hydrogens (tertiary/aromatic N) is 1. The van der Waals surface area contributed by atoms with E-state index in [0.717, 1.165) is 12.0 Å². The molecule has 1 fully saturated rings. The van der Waals surface area contributed by atoms with E-state index in [2.05, 4.69) is 0 Å². The van der Waals surface area contributed by atoms with Crippen molar-refractivity contribution in [2.24, 2.45) is 0 Å². The highest BCUT2D eigenvalue weighted by atomic mass is 35.5. The van der Waals surface area contributed by atoms with Crippen LogP contribution in [0.25, 0.3) is 0 Å². The van der Waals surface area contributed by atoms with Crippen LogP contribution in [0.2, 0.25) is 5.02 Å². The number of carbonyl (C=O) groups excluding carboxylic acids is 1. The van der Waals surface area contributed by atoms with Crippen molar-refractivity contribution in [3.8, 4) is 0 Å². The summed E-state index contributed by atoms with van der Waals surface area (Å²) in [4.78, 5) is 14.4. The van der Waals surface area contributed by atoms with Crippen molar-refractivity contribution in [1.29, 1.82) is 0 Å². The summed E-state index contributed by atoms with van der Waals surface area (Å²) in [5, 5.41) is 11.3. The molecule has 1 saturated heterocycles. The van der Waals surface area contributed by atoms with E-state index in [4.69, 9.17) is 11.6 Å². The van der Waals surface area contributed by atoms with Gasteiger partial charge < -0.3 is 10.0 Å². The van der Waals surface area contributed by atoms with Gasteiger partial charge in [0.05, 0.1) is 6.04 Å². The summed E-state index contributed by atoms with van der Waals surface area (Å²) < 4.78 is 13.0. The van der Waals surface area contributed by atoms with E-state index in [-0.39, 0.29) is 11.9 Å². The third-order valence-electron chi connectivity index (χ3n) is 4.36. The smallest absolute Gasteiger partial charge is 0.259 e. The van der Waals surface area contributed by atoms with E-state index < -0.39 is 11.4 Å². The number of likely N-dealkylation sites (tertiary alicyclic amines) is 1. The van der Waals surface area contributed by atoms with Crippen molar-refractivity contribution < 1.29 is 14.3 Å². The van der Waals surface area contributed by atoms with E-state index in [1.807, 2.05) is 12.1 Å². The summed E-state index contributed by atoms with van der Waals surface area (Å²) in [6, 6.07) is 12.6. The van der Waals surface area contributed by atoms with E-state index in [1.165, 1.54) is 31.2 Å². The zero-order valence-corrected chi connectivity index (χ0v) is 13.4. The van der Waals surface area contributed by atoms with E-state index in [1.54, 1.807) is 17.0 Å². The van der Waals surface area contributed by atoms with Gasteiger partial charge in [-0.25, -0.2) is 4.39 Å². The fourth-order valence-corrected chi connectivity index (χ4v) is 2.97. The fourth-order valence-electron chi connectivity index (χ4n) is 2.84. The molecule has 1 N–H and O–H groups in total. The molecule has 2 aromatic carbocycles. The zero-order chi connectivity index (χ0) is 16.6. The number of benzene rings is 2. The molecule has 5 heteroatoms. The summed E-state index contributed by atoms with van der Waals surface area (Å²) in [5.41, 5.74) is -0.312. The third kappa shape index (κ3) is 2.96. The normalized spacial score (nSPS) is 19.8. The molecule has 1 aliphatic heterocycles. The first kappa shape index (κ1) is 16.0. The molecular formula is C18H17ClFNO2. The maximum atomic E-state index is 13.0. The maximum absolute atomic E-state index is 13.0. The molecular weight excluding hydrogens is 317 g/mol. The van der Waals surface area contributed by atoms with Crippen LogP contribution in [-0.2, 0) is 10.4 Å². The van der Waals surface area contributed by atoms with E-state index in [9.17, 15) is 14.3 Å². The maximum Gasteiger partial charge on any atom is 0.259 e. The van der Waals surface area contributed by atoms with E-state index in [0.29, 0.717) is 17.1 Å². The highest BCUT2D eigenvalue weighted by molar-refractivity contribution is 6.30. The van der Waals surface area contributed by atoms with Crippen LogP contribution in [0.15, 0.2) is 48.5 Å². The number of hydrogen-bond acceptors (Lipinski definition) is 2. The van der Waals surface area contributed by atoms with Gasteiger partial charge in [0.25, 0.3) is 5.91 Å². The van der Waals surface area contributed by atoms with Gasteiger partial charge in [0.1, 0.15) is 5.82 Å². The van der Waals surface area contributed by atoms with Gasteiger partial charge in [-0.15, -0.1) is 0 Å². The molecule has 1 heterocycles. The second-order valence-corrected chi connectivity index (χ2v) is 6.37. The van der Waals surface area contributed by atoms with Gasteiger partial charge in [0.15, 0.2) is 5.60 Å². The average molecular weight is 334 g/mol. The Labute approximate surface area is 139 Å². The minimum Gasteiger partial charge on any atom is -0.376 e. The van der Waals surface area contributed by atoms with E-state index >= 15 is 0 Å². The quantitative estimate of drug-likeness (QED) is 0.931. The Hall–Kier alpha value is -1.91. The van der Waals surface area contributed by atoms with Crippen LogP contribution < -0.4 is 0 Å². The lowest BCUT2D eigenvalue weighted by atomic mass is 9.88. The van der Waals surface area contributed by atoms with Crippen molar-refractivity contribution >= 4 is 17.5 Å². The molecule has 0 aromatic heterocycles. The Kier molecular flexibility index (Phi) is 4.13. The molecule has 2 aromatic rings. The first-order chi connectivity index (χ1) is 10.9. The lowest BCUT2D eigenvalue weighted by molar-refractivity contribution is -0.159. The Morgan fingerprint density at radius 1 is 1.22 bits per heavy atom. The third-order valence-corrected chi connectivity index (χ3v) is 4.61. The highest BCUT2D eigenvalue weighted by Crippen LogP contribution is 2.37. The molecule has 0 spiro atoms. The lowest BCUT2D eigenvalue weighted by Crippen LogP contribution is -2.52. The second kappa shape index (κ2) is 5.95. The van der Waals surface area contributed by atoms with Crippen LogP contribution >= 0.6 is 11.6 Å². The molecule has 3 rings (SSSR count). The first-order valence-corrected chi connectivity index (χ1v) is 7.82. The van der Waals surface area contributed by atoms with Gasteiger partial charge in [-0.05, 0) is 48.7 Å². The molecule has 0 radical (unpaired) electrons. The molecule has 3 nitrogen and oxygen atoms in total. The monoisotopic (exact) mass is 333 g/mol.